The summed E-state index contributed by atoms with van der Waals surface area (Å²) in [5, 5.41) is 52.3. The summed E-state index contributed by atoms with van der Waals surface area (Å²) in [5.41, 5.74) is 7.18. The second kappa shape index (κ2) is 24.3. The van der Waals surface area contributed by atoms with Crippen molar-refractivity contribution in [1.29, 1.82) is 0 Å². The Kier molecular flexibility index (Phi) is 15.8. The normalized spacial score (nSPS) is 13.8. The lowest BCUT2D eigenvalue weighted by Gasteiger charge is -2.12. The molecule has 0 atom stereocenters. The van der Waals surface area contributed by atoms with E-state index in [4.69, 9.17) is 25.0 Å². The SMILES string of the molecule is O=C(O)c1ccc2c(c1)nc(NC1CC1)c1nc(CCCO)ncc12.O=C(O)c1ccc2c(c1)nc(NC1CC1)c1nc(CCCc3ccccc3)ncc12.O=C(O)c1ccc2c(c1)nc(NC1CC1)c1nc(CCc3ccccn3)ncc12. The maximum absolute atomic E-state index is 11.4. The number of aryl methyl sites for hydroxylation is 5. The van der Waals surface area contributed by atoms with Crippen LogP contribution >= 0.6 is 0 Å². The van der Waals surface area contributed by atoms with Crippen LogP contribution in [0.4, 0.5) is 17.5 Å². The molecule has 0 saturated heterocycles. The number of hydrogen-bond donors (Lipinski definition) is 7. The fraction of sp³-hybridized carbons (Fsp3) is 0.266. The van der Waals surface area contributed by atoms with Crippen LogP contribution in [-0.2, 0) is 32.1 Å². The molecule has 3 saturated carbocycles. The van der Waals surface area contributed by atoms with Crippen LogP contribution in [0.3, 0.4) is 0 Å². The topological polar surface area (TPSA) is 297 Å². The number of rotatable bonds is 19. The van der Waals surface area contributed by atoms with Gasteiger partial charge in [0.15, 0.2) is 17.5 Å². The molecule has 7 N–H and O–H groups in total. The summed E-state index contributed by atoms with van der Waals surface area (Å²) in [4.78, 5) is 80.2. The Hall–Kier alpha value is -9.95. The smallest absolute Gasteiger partial charge is 0.335 e. The van der Waals surface area contributed by atoms with Crippen molar-refractivity contribution in [2.75, 3.05) is 22.6 Å². The van der Waals surface area contributed by atoms with Crippen LogP contribution in [0.15, 0.2) is 128 Å². The van der Waals surface area contributed by atoms with Gasteiger partial charge in [0.25, 0.3) is 0 Å². The number of carboxylic acids is 3. The van der Waals surface area contributed by atoms with E-state index in [1.165, 1.54) is 5.56 Å². The average molecular weight is 1120 g/mol. The van der Waals surface area contributed by atoms with Crippen molar-refractivity contribution >= 4 is 101 Å². The van der Waals surface area contributed by atoms with Crippen LogP contribution in [0.25, 0.3) is 65.4 Å². The van der Waals surface area contributed by atoms with Crippen molar-refractivity contribution < 1.29 is 34.8 Å². The number of hydrogen-bond acceptors (Lipinski definition) is 17. The van der Waals surface area contributed by atoms with E-state index in [0.717, 1.165) is 130 Å². The van der Waals surface area contributed by atoms with Crippen molar-refractivity contribution in [2.24, 2.45) is 0 Å². The summed E-state index contributed by atoms with van der Waals surface area (Å²) >= 11 is 0. The number of aromatic carboxylic acids is 3. The summed E-state index contributed by atoms with van der Waals surface area (Å²) < 4.78 is 0. The van der Waals surface area contributed by atoms with Crippen molar-refractivity contribution in [3.63, 3.8) is 0 Å². The number of nitrogens with one attached hydrogen (secondary N) is 3. The molecular formula is C64H59N13O7. The molecular weight excluding hydrogens is 1060 g/mol. The Balaban J connectivity index is 0.000000125. The van der Waals surface area contributed by atoms with Gasteiger partial charge in [-0.3, -0.25) is 4.98 Å². The highest BCUT2D eigenvalue weighted by Crippen LogP contribution is 2.35. The minimum atomic E-state index is -0.976. The van der Waals surface area contributed by atoms with Gasteiger partial charge in [-0.2, -0.15) is 0 Å². The fourth-order valence-corrected chi connectivity index (χ4v) is 9.91. The first-order valence-corrected chi connectivity index (χ1v) is 28.3. The van der Waals surface area contributed by atoms with Crippen LogP contribution in [0, 0.1) is 0 Å². The van der Waals surface area contributed by atoms with E-state index in [-0.39, 0.29) is 23.3 Å². The molecule has 0 amide bonds. The molecule has 0 spiro atoms. The number of aliphatic hydroxyl groups is 1. The molecule has 3 fully saturated rings. The summed E-state index contributed by atoms with van der Waals surface area (Å²) in [5.74, 6) is 1.39. The number of carboxylic acid groups (broad SMARTS) is 3. The molecule has 4 aromatic carbocycles. The molecule has 7 heterocycles. The first-order chi connectivity index (χ1) is 41.0. The van der Waals surface area contributed by atoms with Gasteiger partial charge < -0.3 is 36.4 Å². The number of nitrogens with zero attached hydrogens (tertiary/aromatic N) is 10. The van der Waals surface area contributed by atoms with Gasteiger partial charge in [-0.25, -0.2) is 59.2 Å². The predicted molar refractivity (Wildman–Crippen MR) is 321 cm³/mol. The number of fused-ring (bicyclic) bond motifs is 9. The summed E-state index contributed by atoms with van der Waals surface area (Å²) in [6.45, 7) is 0.0997. The maximum Gasteiger partial charge on any atom is 0.335 e. The van der Waals surface area contributed by atoms with Gasteiger partial charge in [0.2, 0.25) is 0 Å². The van der Waals surface area contributed by atoms with Crippen LogP contribution in [0.1, 0.15) is 111 Å². The van der Waals surface area contributed by atoms with Gasteiger partial charge in [0, 0.05) is 107 Å². The number of carbonyl (C=O) groups is 3. The summed E-state index contributed by atoms with van der Waals surface area (Å²) in [6.07, 6.45) is 19.3. The molecule has 84 heavy (non-hydrogen) atoms. The quantitative estimate of drug-likeness (QED) is 0.0370. The maximum atomic E-state index is 11.4. The lowest BCUT2D eigenvalue weighted by atomic mass is 10.1. The van der Waals surface area contributed by atoms with Gasteiger partial charge >= 0.3 is 17.9 Å². The molecule has 3 aliphatic carbocycles. The molecule has 7 aromatic heterocycles. The third-order valence-corrected chi connectivity index (χ3v) is 14.8. The van der Waals surface area contributed by atoms with E-state index in [0.29, 0.717) is 77.2 Å². The minimum Gasteiger partial charge on any atom is -0.478 e. The predicted octanol–water partition coefficient (Wildman–Crippen LogP) is 10.6. The largest absolute Gasteiger partial charge is 0.478 e. The van der Waals surface area contributed by atoms with Crippen LogP contribution in [0.2, 0.25) is 0 Å². The molecule has 0 radical (unpaired) electrons. The molecule has 20 heteroatoms. The Morgan fingerprint density at radius 3 is 1.20 bits per heavy atom. The zero-order valence-corrected chi connectivity index (χ0v) is 45.7. The Bertz CT molecular complexity index is 4300. The van der Waals surface area contributed by atoms with Crippen LogP contribution < -0.4 is 16.0 Å². The highest BCUT2D eigenvalue weighted by atomic mass is 16.4. The van der Waals surface area contributed by atoms with Gasteiger partial charge in [0.05, 0.1) is 33.2 Å². The Morgan fingerprint density at radius 1 is 0.417 bits per heavy atom. The van der Waals surface area contributed by atoms with E-state index in [2.05, 4.69) is 70.1 Å². The summed E-state index contributed by atoms with van der Waals surface area (Å²) in [7, 11) is 0. The lowest BCUT2D eigenvalue weighted by Crippen LogP contribution is -2.07. The van der Waals surface area contributed by atoms with Gasteiger partial charge in [-0.1, -0.05) is 54.6 Å². The highest BCUT2D eigenvalue weighted by molar-refractivity contribution is 6.12. The van der Waals surface area contributed by atoms with Gasteiger partial charge in [-0.05, 0) is 118 Å². The van der Waals surface area contributed by atoms with E-state index in [1.54, 1.807) is 67.0 Å². The zero-order valence-electron chi connectivity index (χ0n) is 45.7. The molecule has 422 valence electrons. The standard InChI is InChI=1S/C24H22N4O2.C22H19N5O2.C18H18N4O3/c29-24(30)16-9-12-18-19-14-25-21(8-4-7-15-5-2-1-3-6-15)28-22(19)23(26-17-10-11-17)27-20(18)13-16;28-22(29)13-4-8-16-17-12-24-19(9-7-14-3-1-2-10-23-14)27-20(17)21(25-15-5-6-15)26-18(16)11-13;23-7-1-2-15-19-9-13-12-6-3-10(18(24)25)8-14(12)21-17(16(13)22-15)20-11-4-5-11/h1-3,5-6,9,12-14,17H,4,7-8,10-11H2,(H,26,27)(H,29,30);1-4,8,10-12,15H,5-7,9H2,(H,25,26)(H,28,29);3,6,8-9,11,23H,1-2,4-5,7H2,(H,20,21)(H,24,25). The van der Waals surface area contributed by atoms with Crippen LogP contribution in [-0.4, -0.2) is 113 Å². The monoisotopic (exact) mass is 1120 g/mol. The molecule has 0 aliphatic heterocycles. The number of pyridine rings is 4. The third kappa shape index (κ3) is 12.9. The second-order valence-electron chi connectivity index (χ2n) is 21.4. The van der Waals surface area contributed by atoms with E-state index < -0.39 is 17.9 Å². The van der Waals surface area contributed by atoms with Gasteiger partial charge in [0.1, 0.15) is 34.0 Å². The van der Waals surface area contributed by atoms with E-state index >= 15 is 0 Å². The molecule has 0 unspecified atom stereocenters. The fourth-order valence-electron chi connectivity index (χ4n) is 9.91. The second-order valence-corrected chi connectivity index (χ2v) is 21.4. The summed E-state index contributed by atoms with van der Waals surface area (Å²) in [6, 6.07) is 32.4. The minimum absolute atomic E-state index is 0.0997. The number of aliphatic hydroxyl groups excluding tert-OH is 1. The molecule has 3 aliphatic rings. The van der Waals surface area contributed by atoms with Crippen molar-refractivity contribution in [3.8, 4) is 0 Å². The highest BCUT2D eigenvalue weighted by Gasteiger charge is 2.27. The third-order valence-electron chi connectivity index (χ3n) is 14.8. The van der Waals surface area contributed by atoms with Crippen molar-refractivity contribution in [3.05, 3.63) is 173 Å². The first kappa shape index (κ1) is 54.6. The zero-order chi connectivity index (χ0) is 57.7. The first-order valence-electron chi connectivity index (χ1n) is 28.3. The Morgan fingerprint density at radius 2 is 0.821 bits per heavy atom. The van der Waals surface area contributed by atoms with Crippen molar-refractivity contribution in [2.45, 2.75) is 102 Å². The van der Waals surface area contributed by atoms with Crippen molar-refractivity contribution in [1.82, 2.24) is 49.8 Å². The molecule has 20 nitrogen and oxygen atoms in total. The lowest BCUT2D eigenvalue weighted by molar-refractivity contribution is 0.0686. The number of benzene rings is 4. The molecule has 0 bridgehead atoms. The van der Waals surface area contributed by atoms with E-state index in [1.807, 2.05) is 36.7 Å². The van der Waals surface area contributed by atoms with Crippen LogP contribution in [0.5, 0.6) is 0 Å². The number of anilines is 3. The van der Waals surface area contributed by atoms with Gasteiger partial charge in [-0.15, -0.1) is 0 Å². The molecule has 11 aromatic rings. The molecule has 14 rings (SSSR count). The Labute approximate surface area is 481 Å². The average Bonchev–Trinajstić information content (AvgIpc) is 2.44. The number of aromatic nitrogens is 10. The van der Waals surface area contributed by atoms with E-state index in [9.17, 15) is 29.7 Å².